The molecule has 0 aliphatic carbocycles. The van der Waals surface area contributed by atoms with E-state index < -0.39 is 0 Å². The van der Waals surface area contributed by atoms with Crippen LogP contribution in [0.2, 0.25) is 0 Å². The van der Waals surface area contributed by atoms with Crippen molar-refractivity contribution < 1.29 is 4.74 Å². The zero-order valence-electron chi connectivity index (χ0n) is 14.8. The second-order valence-electron chi connectivity index (χ2n) is 6.06. The predicted molar refractivity (Wildman–Crippen MR) is 98.1 cm³/mol. The number of aromatic nitrogens is 3. The molecule has 0 spiro atoms. The van der Waals surface area contributed by atoms with Gasteiger partial charge in [-0.05, 0) is 43.8 Å². The number of hydrogen-bond acceptors (Lipinski definition) is 4. The monoisotopic (exact) mass is 336 g/mol. The minimum atomic E-state index is 0.486. The molecule has 0 saturated carbocycles. The second-order valence-corrected chi connectivity index (χ2v) is 6.06. The van der Waals surface area contributed by atoms with Gasteiger partial charge in [-0.25, -0.2) is 4.98 Å². The standard InChI is InChI=1S/C20H24N4O/c1-3-24-13-12-22-20(24)15-23(2)14-17-7-9-19(10-8-17)25-16-18-6-4-5-11-21-18/h4-13H,3,14-16H2,1-2H3. The SMILES string of the molecule is CCn1ccnc1CN(C)Cc1ccc(OCc2ccccn2)cc1. The molecule has 0 N–H and O–H groups in total. The van der Waals surface area contributed by atoms with Gasteiger partial charge in [-0.1, -0.05) is 18.2 Å². The van der Waals surface area contributed by atoms with Crippen molar-refractivity contribution in [1.82, 2.24) is 19.4 Å². The molecule has 1 aromatic carbocycles. The Morgan fingerprint density at radius 2 is 1.84 bits per heavy atom. The van der Waals surface area contributed by atoms with Crippen LogP contribution in [0.1, 0.15) is 24.0 Å². The summed E-state index contributed by atoms with van der Waals surface area (Å²) in [6.45, 7) is 5.27. The van der Waals surface area contributed by atoms with Crippen LogP contribution in [0.5, 0.6) is 5.75 Å². The van der Waals surface area contributed by atoms with Crippen molar-refractivity contribution in [3.05, 3.63) is 78.1 Å². The number of imidazole rings is 1. The maximum Gasteiger partial charge on any atom is 0.130 e. The summed E-state index contributed by atoms with van der Waals surface area (Å²) in [4.78, 5) is 11.0. The Bertz CT molecular complexity index is 768. The first-order valence-electron chi connectivity index (χ1n) is 8.55. The number of benzene rings is 1. The van der Waals surface area contributed by atoms with Gasteiger partial charge in [-0.2, -0.15) is 0 Å². The summed E-state index contributed by atoms with van der Waals surface area (Å²) in [7, 11) is 2.11. The average Bonchev–Trinajstić information content (AvgIpc) is 3.09. The van der Waals surface area contributed by atoms with E-state index in [2.05, 4.69) is 45.5 Å². The first-order chi connectivity index (χ1) is 12.2. The molecule has 0 saturated heterocycles. The molecule has 2 heterocycles. The first kappa shape index (κ1) is 17.2. The molecule has 0 radical (unpaired) electrons. The lowest BCUT2D eigenvalue weighted by Crippen LogP contribution is -2.20. The zero-order chi connectivity index (χ0) is 17.5. The fourth-order valence-electron chi connectivity index (χ4n) is 2.72. The Morgan fingerprint density at radius 1 is 1.00 bits per heavy atom. The van der Waals surface area contributed by atoms with Gasteiger partial charge in [-0.15, -0.1) is 0 Å². The van der Waals surface area contributed by atoms with Crippen LogP contribution in [-0.2, 0) is 26.2 Å². The summed E-state index contributed by atoms with van der Waals surface area (Å²) < 4.78 is 7.95. The van der Waals surface area contributed by atoms with Crippen molar-refractivity contribution in [3.8, 4) is 5.75 Å². The van der Waals surface area contributed by atoms with Gasteiger partial charge >= 0.3 is 0 Å². The Kier molecular flexibility index (Phi) is 5.80. The minimum Gasteiger partial charge on any atom is -0.487 e. The zero-order valence-corrected chi connectivity index (χ0v) is 14.8. The van der Waals surface area contributed by atoms with Crippen LogP contribution in [0.3, 0.4) is 0 Å². The summed E-state index contributed by atoms with van der Waals surface area (Å²) in [5.41, 5.74) is 2.18. The van der Waals surface area contributed by atoms with E-state index in [0.29, 0.717) is 6.61 Å². The quantitative estimate of drug-likeness (QED) is 0.631. The second kappa shape index (κ2) is 8.44. The minimum absolute atomic E-state index is 0.486. The van der Waals surface area contributed by atoms with Crippen LogP contribution < -0.4 is 4.74 Å². The highest BCUT2D eigenvalue weighted by atomic mass is 16.5. The Hall–Kier alpha value is -2.66. The molecule has 5 heteroatoms. The molecule has 3 aromatic rings. The molecule has 130 valence electrons. The number of ether oxygens (including phenoxy) is 1. The highest BCUT2D eigenvalue weighted by Crippen LogP contribution is 2.15. The first-order valence-corrected chi connectivity index (χ1v) is 8.55. The van der Waals surface area contributed by atoms with Crippen molar-refractivity contribution in [2.24, 2.45) is 0 Å². The van der Waals surface area contributed by atoms with Crippen molar-refractivity contribution >= 4 is 0 Å². The van der Waals surface area contributed by atoms with Gasteiger partial charge in [0.05, 0.1) is 12.2 Å². The van der Waals surface area contributed by atoms with E-state index in [1.54, 1.807) is 6.20 Å². The van der Waals surface area contributed by atoms with Crippen LogP contribution in [0, 0.1) is 0 Å². The molecule has 0 bridgehead atoms. The molecule has 25 heavy (non-hydrogen) atoms. The molecule has 0 aliphatic rings. The van der Waals surface area contributed by atoms with E-state index in [9.17, 15) is 0 Å². The van der Waals surface area contributed by atoms with E-state index in [0.717, 1.165) is 36.9 Å². The normalized spacial score (nSPS) is 11.0. The van der Waals surface area contributed by atoms with Crippen LogP contribution in [0.4, 0.5) is 0 Å². The lowest BCUT2D eigenvalue weighted by Gasteiger charge is -2.17. The summed E-state index contributed by atoms with van der Waals surface area (Å²) in [5, 5.41) is 0. The topological polar surface area (TPSA) is 43.2 Å². The van der Waals surface area contributed by atoms with Crippen molar-refractivity contribution in [3.63, 3.8) is 0 Å². The van der Waals surface area contributed by atoms with Gasteiger partial charge in [0.1, 0.15) is 18.2 Å². The summed E-state index contributed by atoms with van der Waals surface area (Å²) in [5.74, 6) is 1.96. The Morgan fingerprint density at radius 3 is 2.56 bits per heavy atom. The molecule has 0 aliphatic heterocycles. The lowest BCUT2D eigenvalue weighted by molar-refractivity contribution is 0.298. The highest BCUT2D eigenvalue weighted by Gasteiger charge is 2.07. The third kappa shape index (κ3) is 4.90. The van der Waals surface area contributed by atoms with Gasteiger partial charge in [0.2, 0.25) is 0 Å². The molecule has 0 amide bonds. The van der Waals surface area contributed by atoms with Gasteiger partial charge in [0.25, 0.3) is 0 Å². The maximum absolute atomic E-state index is 5.78. The van der Waals surface area contributed by atoms with Crippen LogP contribution in [-0.4, -0.2) is 26.5 Å². The smallest absolute Gasteiger partial charge is 0.130 e. The number of pyridine rings is 1. The lowest BCUT2D eigenvalue weighted by atomic mass is 10.2. The molecule has 0 unspecified atom stereocenters. The Balaban J connectivity index is 1.51. The van der Waals surface area contributed by atoms with Crippen molar-refractivity contribution in [2.45, 2.75) is 33.2 Å². The van der Waals surface area contributed by atoms with E-state index in [-0.39, 0.29) is 0 Å². The number of rotatable bonds is 8. The van der Waals surface area contributed by atoms with Crippen LogP contribution >= 0.6 is 0 Å². The largest absolute Gasteiger partial charge is 0.487 e. The third-order valence-corrected chi connectivity index (χ3v) is 4.04. The van der Waals surface area contributed by atoms with Gasteiger partial charge in [0.15, 0.2) is 0 Å². The van der Waals surface area contributed by atoms with Crippen molar-refractivity contribution in [2.75, 3.05) is 7.05 Å². The maximum atomic E-state index is 5.78. The van der Waals surface area contributed by atoms with E-state index in [1.165, 1.54) is 5.56 Å². The third-order valence-electron chi connectivity index (χ3n) is 4.04. The van der Waals surface area contributed by atoms with Gasteiger partial charge in [0, 0.05) is 31.7 Å². The van der Waals surface area contributed by atoms with E-state index in [4.69, 9.17) is 4.74 Å². The molecular formula is C20H24N4O. The van der Waals surface area contributed by atoms with E-state index in [1.807, 2.05) is 42.7 Å². The number of aryl methyl sites for hydroxylation is 1. The number of nitrogens with zero attached hydrogens (tertiary/aromatic N) is 4. The molecule has 0 fully saturated rings. The Labute approximate surface area is 148 Å². The van der Waals surface area contributed by atoms with Crippen molar-refractivity contribution in [1.29, 1.82) is 0 Å². The van der Waals surface area contributed by atoms with Gasteiger partial charge in [-0.3, -0.25) is 9.88 Å². The van der Waals surface area contributed by atoms with Crippen LogP contribution in [0.15, 0.2) is 61.1 Å². The predicted octanol–water partition coefficient (Wildman–Crippen LogP) is 3.51. The molecule has 2 aromatic heterocycles. The van der Waals surface area contributed by atoms with Crippen LogP contribution in [0.25, 0.3) is 0 Å². The van der Waals surface area contributed by atoms with Gasteiger partial charge < -0.3 is 9.30 Å². The summed E-state index contributed by atoms with van der Waals surface area (Å²) in [6.07, 6.45) is 5.67. The molecular weight excluding hydrogens is 312 g/mol. The fraction of sp³-hybridized carbons (Fsp3) is 0.300. The molecule has 5 nitrogen and oxygen atoms in total. The molecule has 3 rings (SSSR count). The summed E-state index contributed by atoms with van der Waals surface area (Å²) in [6, 6.07) is 14.1. The molecule has 0 atom stereocenters. The average molecular weight is 336 g/mol. The fourth-order valence-corrected chi connectivity index (χ4v) is 2.72. The van der Waals surface area contributed by atoms with E-state index >= 15 is 0 Å². The summed E-state index contributed by atoms with van der Waals surface area (Å²) >= 11 is 0. The number of hydrogen-bond donors (Lipinski definition) is 0. The highest BCUT2D eigenvalue weighted by molar-refractivity contribution is 5.27.